The maximum Gasteiger partial charge on any atom is 0.329 e. The number of aryl methyl sites for hydroxylation is 1. The molecular weight excluding hydrogens is 433 g/mol. The van der Waals surface area contributed by atoms with Gasteiger partial charge in [0.2, 0.25) is 0 Å². The zero-order valence-electron chi connectivity index (χ0n) is 15.9. The number of nitrogens with zero attached hydrogens (tertiary/aromatic N) is 4. The molecule has 0 atom stereocenters. The van der Waals surface area contributed by atoms with Gasteiger partial charge in [0.05, 0.1) is 16.4 Å². The van der Waals surface area contributed by atoms with Crippen LogP contribution in [0.1, 0.15) is 5.56 Å². The number of carbonyl (C=O) groups excluding carboxylic acids is 1. The van der Waals surface area contributed by atoms with E-state index in [1.54, 1.807) is 23.4 Å². The topological polar surface area (TPSA) is 70.6 Å². The van der Waals surface area contributed by atoms with Gasteiger partial charge in [-0.15, -0.1) is 24.8 Å². The molecule has 3 aromatic rings. The van der Waals surface area contributed by atoms with Gasteiger partial charge in [-0.25, -0.2) is 14.7 Å². The number of pyridine rings is 1. The summed E-state index contributed by atoms with van der Waals surface area (Å²) >= 11 is 1.50. The molecule has 10 heteroatoms. The van der Waals surface area contributed by atoms with Crippen molar-refractivity contribution in [2.75, 3.05) is 37.8 Å². The molecule has 1 aliphatic rings. The van der Waals surface area contributed by atoms with Crippen molar-refractivity contribution in [3.05, 3.63) is 48.3 Å². The molecule has 29 heavy (non-hydrogen) atoms. The Balaban J connectivity index is 0.00000150. The first kappa shape index (κ1) is 23.2. The van der Waals surface area contributed by atoms with E-state index in [1.807, 2.05) is 30.0 Å². The number of thiazole rings is 1. The summed E-state index contributed by atoms with van der Waals surface area (Å²) in [4.78, 5) is 25.3. The molecule has 0 radical (unpaired) electrons. The highest BCUT2D eigenvalue weighted by molar-refractivity contribution is 7.22. The van der Waals surface area contributed by atoms with Crippen LogP contribution in [0.3, 0.4) is 0 Å². The van der Waals surface area contributed by atoms with Crippen LogP contribution in [0.25, 0.3) is 10.2 Å². The smallest absolute Gasteiger partial charge is 0.329 e. The molecule has 1 fully saturated rings. The molecule has 0 saturated carbocycles. The highest BCUT2D eigenvalue weighted by Gasteiger charge is 2.26. The molecule has 3 heterocycles. The number of nitrogens with one attached hydrogen (secondary N) is 1. The third-order valence-electron chi connectivity index (χ3n) is 4.38. The number of hydrogen-bond acceptors (Lipinski definition) is 6. The zero-order chi connectivity index (χ0) is 18.6. The van der Waals surface area contributed by atoms with Gasteiger partial charge in [0, 0.05) is 32.4 Å². The van der Waals surface area contributed by atoms with Crippen LogP contribution in [0.5, 0.6) is 5.75 Å². The van der Waals surface area contributed by atoms with Gasteiger partial charge in [0.25, 0.3) is 0 Å². The highest BCUT2D eigenvalue weighted by Crippen LogP contribution is 2.30. The average Bonchev–Trinajstić information content (AvgIpc) is 3.12. The SMILES string of the molecule is Cc1ccc2nc(N(COc3cccnc3)C(=O)N3CCNCC3)sc2c1.Cl.Cl. The monoisotopic (exact) mass is 455 g/mol. The minimum absolute atomic E-state index is 0. The van der Waals surface area contributed by atoms with E-state index in [1.165, 1.54) is 16.9 Å². The predicted octanol–water partition coefficient (Wildman–Crippen LogP) is 3.71. The summed E-state index contributed by atoms with van der Waals surface area (Å²) in [5.74, 6) is 0.618. The van der Waals surface area contributed by atoms with Crippen molar-refractivity contribution < 1.29 is 9.53 Å². The lowest BCUT2D eigenvalue weighted by Gasteiger charge is -2.31. The summed E-state index contributed by atoms with van der Waals surface area (Å²) in [6.07, 6.45) is 3.32. The maximum absolute atomic E-state index is 13.2. The fourth-order valence-corrected chi connectivity index (χ4v) is 3.97. The van der Waals surface area contributed by atoms with Crippen LogP contribution in [0.15, 0.2) is 42.7 Å². The number of hydrogen-bond donors (Lipinski definition) is 1. The van der Waals surface area contributed by atoms with E-state index >= 15 is 0 Å². The van der Waals surface area contributed by atoms with E-state index in [9.17, 15) is 4.79 Å². The van der Waals surface area contributed by atoms with Crippen molar-refractivity contribution >= 4 is 57.5 Å². The number of urea groups is 1. The van der Waals surface area contributed by atoms with Crippen molar-refractivity contribution in [2.45, 2.75) is 6.92 Å². The third-order valence-corrected chi connectivity index (χ3v) is 5.42. The van der Waals surface area contributed by atoms with Gasteiger partial charge >= 0.3 is 6.03 Å². The van der Waals surface area contributed by atoms with Gasteiger partial charge in [-0.05, 0) is 36.8 Å². The van der Waals surface area contributed by atoms with E-state index in [0.717, 1.165) is 23.3 Å². The number of piperazine rings is 1. The number of aromatic nitrogens is 2. The van der Waals surface area contributed by atoms with E-state index in [2.05, 4.69) is 21.4 Å². The van der Waals surface area contributed by atoms with Crippen molar-refractivity contribution in [1.82, 2.24) is 20.2 Å². The highest BCUT2D eigenvalue weighted by atomic mass is 35.5. The number of fused-ring (bicyclic) bond motifs is 1. The molecular formula is C19H23Cl2N5O2S. The second-order valence-electron chi connectivity index (χ2n) is 6.38. The van der Waals surface area contributed by atoms with Crippen LogP contribution in [0, 0.1) is 6.92 Å². The number of halogens is 2. The second-order valence-corrected chi connectivity index (χ2v) is 7.39. The lowest BCUT2D eigenvalue weighted by atomic mass is 10.2. The first-order valence-corrected chi connectivity index (χ1v) is 9.69. The van der Waals surface area contributed by atoms with Gasteiger partial charge < -0.3 is 15.0 Å². The molecule has 1 aliphatic heterocycles. The zero-order valence-corrected chi connectivity index (χ0v) is 18.4. The minimum atomic E-state index is -0.0869. The van der Waals surface area contributed by atoms with Gasteiger partial charge in [-0.1, -0.05) is 17.4 Å². The van der Waals surface area contributed by atoms with Crippen molar-refractivity contribution in [3.63, 3.8) is 0 Å². The number of amides is 2. The number of ether oxygens (including phenoxy) is 1. The summed E-state index contributed by atoms with van der Waals surface area (Å²) in [6.45, 7) is 5.07. The summed E-state index contributed by atoms with van der Waals surface area (Å²) in [5, 5.41) is 3.91. The molecule has 7 nitrogen and oxygen atoms in total. The van der Waals surface area contributed by atoms with Crippen LogP contribution in [0.4, 0.5) is 9.93 Å². The molecule has 1 saturated heterocycles. The van der Waals surface area contributed by atoms with E-state index in [0.29, 0.717) is 24.0 Å². The van der Waals surface area contributed by atoms with E-state index in [4.69, 9.17) is 4.74 Å². The molecule has 0 unspecified atom stereocenters. The molecule has 0 bridgehead atoms. The third kappa shape index (κ3) is 5.48. The Labute approximate surface area is 185 Å². The molecule has 156 valence electrons. The van der Waals surface area contributed by atoms with Crippen LogP contribution < -0.4 is 15.0 Å². The summed E-state index contributed by atoms with van der Waals surface area (Å²) < 4.78 is 6.88. The Morgan fingerprint density at radius 1 is 1.28 bits per heavy atom. The first-order valence-electron chi connectivity index (χ1n) is 8.88. The molecule has 2 amide bonds. The Kier molecular flexibility index (Phi) is 8.45. The minimum Gasteiger partial charge on any atom is -0.471 e. The quantitative estimate of drug-likeness (QED) is 0.607. The largest absolute Gasteiger partial charge is 0.471 e. The molecule has 0 aliphatic carbocycles. The van der Waals surface area contributed by atoms with Crippen LogP contribution >= 0.6 is 36.2 Å². The van der Waals surface area contributed by atoms with Gasteiger partial charge in [0.1, 0.15) is 5.75 Å². The number of benzene rings is 1. The van der Waals surface area contributed by atoms with Crippen LogP contribution in [-0.2, 0) is 0 Å². The Morgan fingerprint density at radius 3 is 2.79 bits per heavy atom. The van der Waals surface area contributed by atoms with Crippen molar-refractivity contribution in [3.8, 4) is 5.75 Å². The number of rotatable bonds is 4. The predicted molar refractivity (Wildman–Crippen MR) is 121 cm³/mol. The molecule has 4 rings (SSSR count). The molecule has 0 spiro atoms. The van der Waals surface area contributed by atoms with E-state index in [-0.39, 0.29) is 37.6 Å². The lowest BCUT2D eigenvalue weighted by Crippen LogP contribution is -2.52. The van der Waals surface area contributed by atoms with Gasteiger partial charge in [0.15, 0.2) is 11.9 Å². The molecule has 1 N–H and O–H groups in total. The van der Waals surface area contributed by atoms with Crippen LogP contribution in [-0.4, -0.2) is 53.8 Å². The van der Waals surface area contributed by atoms with Crippen LogP contribution in [0.2, 0.25) is 0 Å². The Morgan fingerprint density at radius 2 is 2.07 bits per heavy atom. The fourth-order valence-electron chi connectivity index (χ4n) is 2.93. The standard InChI is InChI=1S/C19H21N5O2S.2ClH/c1-14-4-5-16-17(11-14)27-18(22-16)24(13-26-15-3-2-6-21-12-15)19(25)23-9-7-20-8-10-23;;/h2-6,11-12,20H,7-10,13H2,1H3;2*1H. The molecule has 1 aromatic carbocycles. The maximum atomic E-state index is 13.2. The summed E-state index contributed by atoms with van der Waals surface area (Å²) in [5.41, 5.74) is 2.06. The molecule has 2 aromatic heterocycles. The van der Waals surface area contributed by atoms with Crippen molar-refractivity contribution in [1.29, 1.82) is 0 Å². The van der Waals surface area contributed by atoms with E-state index < -0.39 is 0 Å². The fraction of sp³-hybridized carbons (Fsp3) is 0.316. The number of anilines is 1. The normalized spacial score (nSPS) is 13.3. The Hall–Kier alpha value is -2.13. The van der Waals surface area contributed by atoms with Gasteiger partial charge in [-0.2, -0.15) is 0 Å². The summed E-state index contributed by atoms with van der Waals surface area (Å²) in [6, 6.07) is 9.64. The average molecular weight is 456 g/mol. The first-order chi connectivity index (χ1) is 13.2. The second kappa shape index (κ2) is 10.6. The Bertz CT molecular complexity index is 935. The summed E-state index contributed by atoms with van der Waals surface area (Å²) in [7, 11) is 0. The number of carbonyl (C=O) groups is 1. The van der Waals surface area contributed by atoms with Gasteiger partial charge in [-0.3, -0.25) is 4.98 Å². The van der Waals surface area contributed by atoms with Crippen molar-refractivity contribution in [2.24, 2.45) is 0 Å². The lowest BCUT2D eigenvalue weighted by molar-refractivity contribution is 0.188.